The van der Waals surface area contributed by atoms with Crippen LogP contribution >= 0.6 is 0 Å². The molecule has 0 spiro atoms. The van der Waals surface area contributed by atoms with Gasteiger partial charge in [-0.05, 0) is 50.6 Å². The number of hydrogen-bond acceptors (Lipinski definition) is 6. The Morgan fingerprint density at radius 3 is 2.51 bits per heavy atom. The molecule has 0 bridgehead atoms. The molecule has 0 saturated heterocycles. The van der Waals surface area contributed by atoms with Crippen molar-refractivity contribution >= 4 is 28.6 Å². The first-order valence-corrected chi connectivity index (χ1v) is 11.7. The Bertz CT molecular complexity index is 1610. The number of halogens is 2. The molecule has 0 aliphatic carbocycles. The lowest BCUT2D eigenvalue weighted by atomic mass is 10.1. The average Bonchev–Trinajstić information content (AvgIpc) is 2.87. The molecule has 3 heterocycles. The Kier molecular flexibility index (Phi) is 7.83. The molecule has 0 aliphatic rings. The average molecular weight is 510 g/mol. The summed E-state index contributed by atoms with van der Waals surface area (Å²) in [5.41, 5.74) is -1.32. The number of amides is 1. The van der Waals surface area contributed by atoms with Crippen LogP contribution in [-0.2, 0) is 16.0 Å². The van der Waals surface area contributed by atoms with Gasteiger partial charge in [0.15, 0.2) is 5.49 Å². The lowest BCUT2D eigenvalue weighted by Crippen LogP contribution is -2.33. The molecule has 3 aromatic heterocycles. The minimum atomic E-state index is -1.24. The number of aromatic nitrogens is 3. The molecule has 0 atom stereocenters. The molecule has 11 heteroatoms. The van der Waals surface area contributed by atoms with E-state index in [0.717, 1.165) is 18.2 Å². The highest BCUT2D eigenvalue weighted by atomic mass is 19.1. The quantitative estimate of drug-likeness (QED) is 0.205. The lowest BCUT2D eigenvalue weighted by Gasteiger charge is -2.15. The van der Waals surface area contributed by atoms with Crippen molar-refractivity contribution in [2.45, 2.75) is 26.8 Å². The van der Waals surface area contributed by atoms with Crippen molar-refractivity contribution in [3.05, 3.63) is 87.3 Å². The van der Waals surface area contributed by atoms with Gasteiger partial charge in [-0.3, -0.25) is 14.0 Å². The van der Waals surface area contributed by atoms with Crippen molar-refractivity contribution < 1.29 is 27.8 Å². The first-order valence-electron chi connectivity index (χ1n) is 11.7. The van der Waals surface area contributed by atoms with Gasteiger partial charge >= 0.3 is 5.97 Å². The molecule has 0 unspecified atom stereocenters. The number of rotatable bonds is 8. The second-order valence-corrected chi connectivity index (χ2v) is 7.90. The Labute approximate surface area is 209 Å². The van der Waals surface area contributed by atoms with Gasteiger partial charge in [-0.15, -0.1) is 0 Å². The third-order valence-electron chi connectivity index (χ3n) is 5.54. The smallest absolute Gasteiger partial charge is 0.341 e. The molecule has 1 amide bonds. The fraction of sp³-hybridized carbons (Fsp3) is 0.269. The highest BCUT2D eigenvalue weighted by Gasteiger charge is 2.22. The van der Waals surface area contributed by atoms with E-state index in [2.05, 4.69) is 9.98 Å². The highest BCUT2D eigenvalue weighted by molar-refractivity contribution is 5.97. The van der Waals surface area contributed by atoms with E-state index in [1.807, 2.05) is 6.92 Å². The third-order valence-corrected chi connectivity index (χ3v) is 5.54. The molecule has 192 valence electrons. The fourth-order valence-electron chi connectivity index (χ4n) is 3.89. The SMILES string of the molecule is CCOCCCn1c(=NC(=O)c2c(F)cccc2F)c(C(=O)OCC)cc2c(=O)n3ccccc3nc21. The van der Waals surface area contributed by atoms with E-state index in [1.165, 1.54) is 21.2 Å². The number of aryl methyl sites for hydroxylation is 1. The molecule has 4 aromatic rings. The van der Waals surface area contributed by atoms with Crippen molar-refractivity contribution in [3.63, 3.8) is 0 Å². The van der Waals surface area contributed by atoms with Crippen molar-refractivity contribution in [1.29, 1.82) is 0 Å². The Balaban J connectivity index is 2.09. The van der Waals surface area contributed by atoms with E-state index in [1.54, 1.807) is 25.1 Å². The second-order valence-electron chi connectivity index (χ2n) is 7.90. The summed E-state index contributed by atoms with van der Waals surface area (Å²) in [6.45, 7) is 4.37. The van der Waals surface area contributed by atoms with Crippen LogP contribution in [0, 0.1) is 11.6 Å². The highest BCUT2D eigenvalue weighted by Crippen LogP contribution is 2.15. The molecule has 4 rings (SSSR count). The zero-order valence-electron chi connectivity index (χ0n) is 20.2. The number of hydrogen-bond donors (Lipinski definition) is 0. The summed E-state index contributed by atoms with van der Waals surface area (Å²) >= 11 is 0. The summed E-state index contributed by atoms with van der Waals surface area (Å²) in [5.74, 6) is -4.30. The first kappa shape index (κ1) is 25.8. The van der Waals surface area contributed by atoms with Gasteiger partial charge in [0, 0.05) is 26.0 Å². The van der Waals surface area contributed by atoms with Crippen molar-refractivity contribution in [2.75, 3.05) is 19.8 Å². The van der Waals surface area contributed by atoms with Crippen LogP contribution in [0.5, 0.6) is 0 Å². The molecule has 0 saturated carbocycles. The molecule has 0 N–H and O–H groups in total. The molecular weight excluding hydrogens is 486 g/mol. The standard InChI is InChI=1S/C26H24F2N4O5/c1-3-36-14-8-13-32-22-16(25(34)31-12-6-5-11-20(31)29-22)15-17(26(35)37-4-2)23(32)30-24(33)21-18(27)9-7-10-19(21)28/h5-7,9-12,15H,3-4,8,13-14H2,1-2H3. The molecule has 0 fully saturated rings. The van der Waals surface area contributed by atoms with E-state index in [0.29, 0.717) is 25.3 Å². The largest absolute Gasteiger partial charge is 0.462 e. The second kappa shape index (κ2) is 11.2. The molecular formula is C26H24F2N4O5. The number of ether oxygens (including phenoxy) is 2. The number of nitrogens with zero attached hydrogens (tertiary/aromatic N) is 4. The molecule has 9 nitrogen and oxygen atoms in total. The van der Waals surface area contributed by atoms with Gasteiger partial charge in [0.25, 0.3) is 11.5 Å². The summed E-state index contributed by atoms with van der Waals surface area (Å²) < 4.78 is 42.0. The van der Waals surface area contributed by atoms with Crippen LogP contribution in [0.25, 0.3) is 16.7 Å². The fourth-order valence-corrected chi connectivity index (χ4v) is 3.89. The van der Waals surface area contributed by atoms with Gasteiger partial charge in [0.05, 0.1) is 12.0 Å². The van der Waals surface area contributed by atoms with Gasteiger partial charge < -0.3 is 14.0 Å². The summed E-state index contributed by atoms with van der Waals surface area (Å²) in [6, 6.07) is 9.22. The van der Waals surface area contributed by atoms with E-state index in [-0.39, 0.29) is 35.2 Å². The Hall–Kier alpha value is -4.25. The maximum atomic E-state index is 14.4. The van der Waals surface area contributed by atoms with Crippen molar-refractivity contribution in [2.24, 2.45) is 4.99 Å². The van der Waals surface area contributed by atoms with E-state index < -0.39 is 34.6 Å². The maximum Gasteiger partial charge on any atom is 0.341 e. The number of pyridine rings is 2. The van der Waals surface area contributed by atoms with Crippen LogP contribution < -0.4 is 11.0 Å². The van der Waals surface area contributed by atoms with Crippen LogP contribution in [0.4, 0.5) is 8.78 Å². The van der Waals surface area contributed by atoms with Gasteiger partial charge in [0.2, 0.25) is 0 Å². The van der Waals surface area contributed by atoms with Crippen LogP contribution in [0.1, 0.15) is 41.0 Å². The molecule has 0 aliphatic heterocycles. The third kappa shape index (κ3) is 5.17. The van der Waals surface area contributed by atoms with E-state index in [4.69, 9.17) is 9.47 Å². The van der Waals surface area contributed by atoms with Crippen LogP contribution in [0.15, 0.2) is 58.4 Å². The Morgan fingerprint density at radius 2 is 1.81 bits per heavy atom. The minimum Gasteiger partial charge on any atom is -0.462 e. The van der Waals surface area contributed by atoms with Crippen molar-refractivity contribution in [1.82, 2.24) is 14.0 Å². The van der Waals surface area contributed by atoms with E-state index >= 15 is 0 Å². The number of fused-ring (bicyclic) bond motifs is 2. The summed E-state index contributed by atoms with van der Waals surface area (Å²) in [7, 11) is 0. The Morgan fingerprint density at radius 1 is 1.05 bits per heavy atom. The molecule has 37 heavy (non-hydrogen) atoms. The first-order chi connectivity index (χ1) is 17.9. The van der Waals surface area contributed by atoms with Gasteiger partial charge in [-0.2, -0.15) is 4.99 Å². The van der Waals surface area contributed by atoms with Crippen molar-refractivity contribution in [3.8, 4) is 0 Å². The van der Waals surface area contributed by atoms with Crippen LogP contribution in [-0.4, -0.2) is 45.6 Å². The number of carbonyl (C=O) groups is 2. The molecule has 1 aromatic carbocycles. The van der Waals surface area contributed by atoms with Crippen LogP contribution in [0.2, 0.25) is 0 Å². The number of carbonyl (C=O) groups excluding carboxylic acids is 2. The van der Waals surface area contributed by atoms with Crippen LogP contribution in [0.3, 0.4) is 0 Å². The van der Waals surface area contributed by atoms with Gasteiger partial charge in [-0.1, -0.05) is 12.1 Å². The van der Waals surface area contributed by atoms with E-state index in [9.17, 15) is 23.2 Å². The summed E-state index contributed by atoms with van der Waals surface area (Å²) in [5, 5.41) is 0.0756. The minimum absolute atomic E-state index is 0.00545. The topological polar surface area (TPSA) is 104 Å². The summed E-state index contributed by atoms with van der Waals surface area (Å²) in [4.78, 5) is 47.8. The zero-order chi connectivity index (χ0) is 26.5. The van der Waals surface area contributed by atoms with Gasteiger partial charge in [0.1, 0.15) is 34.1 Å². The predicted molar refractivity (Wildman–Crippen MR) is 130 cm³/mol. The normalized spacial score (nSPS) is 11.8. The predicted octanol–water partition coefficient (Wildman–Crippen LogP) is 3.27. The van der Waals surface area contributed by atoms with Gasteiger partial charge in [-0.25, -0.2) is 18.6 Å². The molecule has 0 radical (unpaired) electrons. The monoisotopic (exact) mass is 510 g/mol. The number of esters is 1. The maximum absolute atomic E-state index is 14.4. The lowest BCUT2D eigenvalue weighted by molar-refractivity contribution is 0.0523. The number of benzene rings is 1. The summed E-state index contributed by atoms with van der Waals surface area (Å²) in [6.07, 6.45) is 1.94. The zero-order valence-corrected chi connectivity index (χ0v) is 20.2.